The van der Waals surface area contributed by atoms with E-state index in [0.29, 0.717) is 75.9 Å². The van der Waals surface area contributed by atoms with Crippen molar-refractivity contribution in [2.24, 2.45) is 0 Å². The summed E-state index contributed by atoms with van der Waals surface area (Å²) in [4.78, 5) is 61.1. The quantitative estimate of drug-likeness (QED) is 0.147. The van der Waals surface area contributed by atoms with Gasteiger partial charge >= 0.3 is 0 Å². The second-order valence-electron chi connectivity index (χ2n) is 13.2. The molecule has 0 saturated carbocycles. The molecular formula is C40H50N6O6. The van der Waals surface area contributed by atoms with Crippen molar-refractivity contribution in [3.05, 3.63) is 82.9 Å². The summed E-state index contributed by atoms with van der Waals surface area (Å²) in [6.07, 6.45) is 2.03. The number of carbonyl (C=O) groups excluding carboxylic acids is 4. The second-order valence-corrected chi connectivity index (χ2v) is 13.2. The zero-order chi connectivity index (χ0) is 36.5. The van der Waals surface area contributed by atoms with Gasteiger partial charge in [-0.15, -0.1) is 0 Å². The molecule has 3 aliphatic heterocycles. The van der Waals surface area contributed by atoms with Crippen molar-refractivity contribution in [1.82, 2.24) is 25.3 Å². The molecule has 276 valence electrons. The highest BCUT2D eigenvalue weighted by atomic mass is 16.5. The average molecular weight is 711 g/mol. The third kappa shape index (κ3) is 8.27. The molecule has 52 heavy (non-hydrogen) atoms. The minimum Gasteiger partial charge on any atom is -0.379 e. The summed E-state index contributed by atoms with van der Waals surface area (Å²) in [5.41, 5.74) is 4.41. The van der Waals surface area contributed by atoms with E-state index in [4.69, 9.17) is 9.47 Å². The zero-order valence-corrected chi connectivity index (χ0v) is 30.3. The largest absolute Gasteiger partial charge is 0.379 e. The molecule has 2 N–H and O–H groups in total. The van der Waals surface area contributed by atoms with E-state index in [9.17, 15) is 19.2 Å². The van der Waals surface area contributed by atoms with Gasteiger partial charge in [0.25, 0.3) is 17.7 Å². The van der Waals surface area contributed by atoms with Crippen molar-refractivity contribution in [3.8, 4) is 0 Å². The summed E-state index contributed by atoms with van der Waals surface area (Å²) in [7, 11) is 0. The van der Waals surface area contributed by atoms with Gasteiger partial charge < -0.3 is 25.0 Å². The molecule has 12 heteroatoms. The normalized spacial score (nSPS) is 17.5. The van der Waals surface area contributed by atoms with Crippen LogP contribution < -0.4 is 15.5 Å². The fourth-order valence-electron chi connectivity index (χ4n) is 7.23. The van der Waals surface area contributed by atoms with E-state index in [1.165, 1.54) is 9.80 Å². The fraction of sp³-hybridized carbons (Fsp3) is 0.450. The first kappa shape index (κ1) is 37.3. The number of nitrogens with zero attached hydrogens (tertiary/aromatic N) is 4. The number of rotatable bonds is 14. The number of allylic oxidation sites excluding steroid dienone is 1. The zero-order valence-electron chi connectivity index (χ0n) is 30.3. The van der Waals surface area contributed by atoms with Crippen LogP contribution in [-0.4, -0.2) is 130 Å². The molecule has 3 aromatic rings. The standard InChI is InChI=1S/C40H50N6O6/c1-3-30-37-29(28-43-20-24-51-25-21-43)8-5-12-34(37)40(50)46(38(30)48)19-17-42-15-14-41-16-18-45(36(47)4-2)39(49)33-11-6-10-32-31(33)9-7-13-35(32)44-22-26-52-27-23-44/h3,5-13,41-42H,4,14-28H2,1-2H3/b30-3+. The van der Waals surface area contributed by atoms with Crippen molar-refractivity contribution < 1.29 is 28.7 Å². The van der Waals surface area contributed by atoms with E-state index in [2.05, 4.69) is 26.5 Å². The predicted molar refractivity (Wildman–Crippen MR) is 201 cm³/mol. The van der Waals surface area contributed by atoms with E-state index in [1.54, 1.807) is 25.1 Å². The van der Waals surface area contributed by atoms with Gasteiger partial charge in [0.1, 0.15) is 0 Å². The molecule has 0 aliphatic carbocycles. The van der Waals surface area contributed by atoms with E-state index in [0.717, 1.165) is 53.8 Å². The molecule has 3 aliphatic rings. The first-order chi connectivity index (χ1) is 25.4. The van der Waals surface area contributed by atoms with Crippen LogP contribution in [0.3, 0.4) is 0 Å². The Hall–Kier alpha value is -4.46. The number of morpholine rings is 2. The van der Waals surface area contributed by atoms with Crippen molar-refractivity contribution in [1.29, 1.82) is 0 Å². The summed E-state index contributed by atoms with van der Waals surface area (Å²) in [6.45, 7) is 12.7. The molecule has 0 radical (unpaired) electrons. The lowest BCUT2D eigenvalue weighted by Crippen LogP contribution is -2.46. The Balaban J connectivity index is 0.998. The lowest BCUT2D eigenvalue weighted by atomic mass is 9.88. The SMILES string of the molecule is C/C=C1/C(=O)N(CCNCCNCCN(C(=O)CC)C(=O)c2cccc3c(N4CCOCC4)cccc23)C(=O)c2cccc(CN3CCOCC3)c21. The molecule has 0 aromatic heterocycles. The smallest absolute Gasteiger partial charge is 0.261 e. The number of carbonyl (C=O) groups is 4. The number of hydrogen-bond acceptors (Lipinski definition) is 10. The molecule has 0 spiro atoms. The summed E-state index contributed by atoms with van der Waals surface area (Å²) in [6, 6.07) is 17.4. The minimum absolute atomic E-state index is 0.222. The van der Waals surface area contributed by atoms with Gasteiger partial charge in [-0.05, 0) is 36.1 Å². The van der Waals surface area contributed by atoms with Gasteiger partial charge in [0.15, 0.2) is 0 Å². The number of fused-ring (bicyclic) bond motifs is 2. The maximum atomic E-state index is 13.8. The Kier molecular flexibility index (Phi) is 12.8. The molecule has 4 amide bonds. The number of hydrogen-bond donors (Lipinski definition) is 2. The summed E-state index contributed by atoms with van der Waals surface area (Å²) in [5, 5.41) is 8.44. The second kappa shape index (κ2) is 17.8. The van der Waals surface area contributed by atoms with Gasteiger partial charge in [-0.1, -0.05) is 49.4 Å². The molecular weight excluding hydrogens is 660 g/mol. The highest BCUT2D eigenvalue weighted by molar-refractivity contribution is 6.31. The number of anilines is 1. The van der Waals surface area contributed by atoms with Gasteiger partial charge in [-0.25, -0.2) is 0 Å². The average Bonchev–Trinajstić information content (AvgIpc) is 3.18. The van der Waals surface area contributed by atoms with Crippen LogP contribution in [0.1, 0.15) is 52.1 Å². The van der Waals surface area contributed by atoms with Gasteiger partial charge in [0, 0.05) is 112 Å². The van der Waals surface area contributed by atoms with E-state index < -0.39 is 0 Å². The fourth-order valence-corrected chi connectivity index (χ4v) is 7.23. The third-order valence-electron chi connectivity index (χ3n) is 9.99. The summed E-state index contributed by atoms with van der Waals surface area (Å²) < 4.78 is 11.0. The van der Waals surface area contributed by atoms with Crippen LogP contribution in [-0.2, 0) is 25.6 Å². The Bertz CT molecular complexity index is 1800. The Morgan fingerprint density at radius 3 is 2.21 bits per heavy atom. The topological polar surface area (TPSA) is 124 Å². The van der Waals surface area contributed by atoms with Crippen LogP contribution in [0.4, 0.5) is 5.69 Å². The summed E-state index contributed by atoms with van der Waals surface area (Å²) in [5.74, 6) is -1.08. The van der Waals surface area contributed by atoms with Crippen LogP contribution in [0.15, 0.2) is 60.7 Å². The van der Waals surface area contributed by atoms with Crippen LogP contribution in [0.2, 0.25) is 0 Å². The molecule has 0 unspecified atom stereocenters. The van der Waals surface area contributed by atoms with Crippen molar-refractivity contribution >= 4 is 45.7 Å². The van der Waals surface area contributed by atoms with Crippen molar-refractivity contribution in [2.75, 3.05) is 96.8 Å². The molecule has 3 aromatic carbocycles. The Morgan fingerprint density at radius 1 is 0.808 bits per heavy atom. The molecule has 3 heterocycles. The number of nitrogens with one attached hydrogen (secondary N) is 2. The van der Waals surface area contributed by atoms with Gasteiger partial charge in [-0.3, -0.25) is 33.9 Å². The third-order valence-corrected chi connectivity index (χ3v) is 9.99. The molecule has 6 rings (SSSR count). The highest BCUT2D eigenvalue weighted by Crippen LogP contribution is 2.33. The Labute approximate surface area is 305 Å². The monoisotopic (exact) mass is 710 g/mol. The maximum Gasteiger partial charge on any atom is 0.261 e. The van der Waals surface area contributed by atoms with Gasteiger partial charge in [-0.2, -0.15) is 0 Å². The minimum atomic E-state index is -0.303. The van der Waals surface area contributed by atoms with Crippen LogP contribution >= 0.6 is 0 Å². The van der Waals surface area contributed by atoms with Crippen LogP contribution in [0.25, 0.3) is 16.3 Å². The predicted octanol–water partition coefficient (Wildman–Crippen LogP) is 3.15. The lowest BCUT2D eigenvalue weighted by molar-refractivity contribution is -0.128. The number of amides is 4. The maximum absolute atomic E-state index is 13.8. The molecule has 12 nitrogen and oxygen atoms in total. The number of benzene rings is 3. The van der Waals surface area contributed by atoms with Crippen LogP contribution in [0.5, 0.6) is 0 Å². The molecule has 2 fully saturated rings. The lowest BCUT2D eigenvalue weighted by Gasteiger charge is -2.32. The van der Waals surface area contributed by atoms with Crippen LogP contribution in [0, 0.1) is 0 Å². The molecule has 0 bridgehead atoms. The molecule has 2 saturated heterocycles. The van der Waals surface area contributed by atoms with E-state index in [-0.39, 0.29) is 43.1 Å². The van der Waals surface area contributed by atoms with E-state index >= 15 is 0 Å². The van der Waals surface area contributed by atoms with E-state index in [1.807, 2.05) is 43.3 Å². The van der Waals surface area contributed by atoms with Gasteiger partial charge in [0.2, 0.25) is 5.91 Å². The molecule has 0 atom stereocenters. The first-order valence-corrected chi connectivity index (χ1v) is 18.5. The number of ether oxygens (including phenoxy) is 2. The number of imide groups is 2. The van der Waals surface area contributed by atoms with Crippen molar-refractivity contribution in [3.63, 3.8) is 0 Å². The van der Waals surface area contributed by atoms with Gasteiger partial charge in [0.05, 0.1) is 26.4 Å². The first-order valence-electron chi connectivity index (χ1n) is 18.5. The van der Waals surface area contributed by atoms with Crippen molar-refractivity contribution in [2.45, 2.75) is 26.8 Å². The Morgan fingerprint density at radius 2 is 1.48 bits per heavy atom. The summed E-state index contributed by atoms with van der Waals surface area (Å²) >= 11 is 0. The highest BCUT2D eigenvalue weighted by Gasteiger charge is 2.36.